The van der Waals surface area contributed by atoms with E-state index in [0.29, 0.717) is 17.6 Å². The molecular formula is C21H23ClN4S. The monoisotopic (exact) mass is 398 g/mol. The summed E-state index contributed by atoms with van der Waals surface area (Å²) in [5, 5.41) is 12.0. The number of hydrogen-bond acceptors (Lipinski definition) is 2. The molecule has 0 saturated carbocycles. The Labute approximate surface area is 170 Å². The lowest BCUT2D eigenvalue weighted by atomic mass is 9.99. The smallest absolute Gasteiger partial charge is 0.175 e. The third-order valence-electron chi connectivity index (χ3n) is 4.50. The van der Waals surface area contributed by atoms with Crippen LogP contribution in [-0.2, 0) is 6.54 Å². The van der Waals surface area contributed by atoms with Crippen molar-refractivity contribution in [2.45, 2.75) is 32.7 Å². The molecule has 1 atom stereocenters. The summed E-state index contributed by atoms with van der Waals surface area (Å²) in [4.78, 5) is 0. The molecule has 1 unspecified atom stereocenters. The third kappa shape index (κ3) is 5.55. The van der Waals surface area contributed by atoms with Gasteiger partial charge in [0.1, 0.15) is 0 Å². The quantitative estimate of drug-likeness (QED) is 0.506. The first-order valence-electron chi connectivity index (χ1n) is 8.98. The van der Waals surface area contributed by atoms with Crippen molar-refractivity contribution in [1.29, 1.82) is 0 Å². The highest BCUT2D eigenvalue weighted by molar-refractivity contribution is 7.80. The van der Waals surface area contributed by atoms with Crippen molar-refractivity contribution in [3.8, 4) is 0 Å². The maximum atomic E-state index is 5.92. The van der Waals surface area contributed by atoms with Gasteiger partial charge < -0.3 is 10.6 Å². The number of nitrogens with one attached hydrogen (secondary N) is 2. The predicted octanol–water partition coefficient (Wildman–Crippen LogP) is 5.91. The molecular weight excluding hydrogens is 376 g/mol. The van der Waals surface area contributed by atoms with E-state index in [4.69, 9.17) is 23.8 Å². The number of thiocarbonyl (C=S) groups is 1. The average molecular weight is 399 g/mol. The molecule has 0 fully saturated rings. The summed E-state index contributed by atoms with van der Waals surface area (Å²) >= 11 is 11.3. The first-order valence-corrected chi connectivity index (χ1v) is 9.77. The Bertz CT molecular complexity index is 887. The van der Waals surface area contributed by atoms with E-state index >= 15 is 0 Å². The van der Waals surface area contributed by atoms with Gasteiger partial charge in [0, 0.05) is 16.9 Å². The fourth-order valence-electron chi connectivity index (χ4n) is 2.72. The minimum Gasteiger partial charge on any atom is -0.332 e. The first-order chi connectivity index (χ1) is 13.0. The highest BCUT2D eigenvalue weighted by atomic mass is 35.5. The molecule has 0 spiro atoms. The summed E-state index contributed by atoms with van der Waals surface area (Å²) in [5.41, 5.74) is 4.28. The highest BCUT2D eigenvalue weighted by Crippen LogP contribution is 2.20. The Kier molecular flexibility index (Phi) is 6.48. The number of rotatable bonds is 6. The molecule has 0 saturated heterocycles. The van der Waals surface area contributed by atoms with Crippen molar-refractivity contribution in [1.82, 2.24) is 9.78 Å². The molecule has 4 nitrogen and oxygen atoms in total. The van der Waals surface area contributed by atoms with E-state index in [1.165, 1.54) is 5.56 Å². The minimum atomic E-state index is 0.539. The van der Waals surface area contributed by atoms with Crippen LogP contribution in [-0.4, -0.2) is 14.9 Å². The molecule has 3 aromatic rings. The number of hydrogen-bond donors (Lipinski definition) is 2. The van der Waals surface area contributed by atoms with Crippen LogP contribution in [0.3, 0.4) is 0 Å². The fraction of sp³-hybridized carbons (Fsp3) is 0.238. The second-order valence-electron chi connectivity index (χ2n) is 6.56. The number of aromatic nitrogens is 2. The van der Waals surface area contributed by atoms with Crippen molar-refractivity contribution < 1.29 is 0 Å². The molecule has 0 aliphatic carbocycles. The molecule has 0 bridgehead atoms. The Hall–Kier alpha value is -2.37. The van der Waals surface area contributed by atoms with Crippen LogP contribution < -0.4 is 10.6 Å². The lowest BCUT2D eigenvalue weighted by molar-refractivity contribution is 0.687. The Morgan fingerprint density at radius 1 is 1.07 bits per heavy atom. The van der Waals surface area contributed by atoms with Gasteiger partial charge >= 0.3 is 0 Å². The summed E-state index contributed by atoms with van der Waals surface area (Å²) in [6, 6.07) is 16.1. The zero-order valence-electron chi connectivity index (χ0n) is 15.4. The van der Waals surface area contributed by atoms with Crippen molar-refractivity contribution in [2.75, 3.05) is 10.6 Å². The molecule has 0 radical (unpaired) electrons. The van der Waals surface area contributed by atoms with Gasteiger partial charge in [-0.1, -0.05) is 49.7 Å². The zero-order valence-corrected chi connectivity index (χ0v) is 17.0. The summed E-state index contributed by atoms with van der Waals surface area (Å²) in [5.74, 6) is 0.565. The molecule has 1 heterocycles. The summed E-state index contributed by atoms with van der Waals surface area (Å²) in [6.45, 7) is 5.11. The first kappa shape index (κ1) is 19.4. The minimum absolute atomic E-state index is 0.539. The van der Waals surface area contributed by atoms with Gasteiger partial charge in [-0.2, -0.15) is 5.10 Å². The van der Waals surface area contributed by atoms with E-state index in [-0.39, 0.29) is 0 Å². The molecule has 140 valence electrons. The van der Waals surface area contributed by atoms with Gasteiger partial charge in [-0.3, -0.25) is 4.68 Å². The van der Waals surface area contributed by atoms with Crippen molar-refractivity contribution in [3.63, 3.8) is 0 Å². The second kappa shape index (κ2) is 9.02. The van der Waals surface area contributed by atoms with Crippen molar-refractivity contribution in [3.05, 3.63) is 77.1 Å². The van der Waals surface area contributed by atoms with E-state index < -0.39 is 0 Å². The van der Waals surface area contributed by atoms with Gasteiger partial charge in [0.25, 0.3) is 0 Å². The van der Waals surface area contributed by atoms with Gasteiger partial charge in [-0.15, -0.1) is 0 Å². The van der Waals surface area contributed by atoms with Crippen LogP contribution in [0.5, 0.6) is 0 Å². The van der Waals surface area contributed by atoms with Crippen LogP contribution in [0.2, 0.25) is 5.02 Å². The zero-order chi connectivity index (χ0) is 19.2. The van der Waals surface area contributed by atoms with Crippen LogP contribution in [0.1, 0.15) is 37.3 Å². The van der Waals surface area contributed by atoms with Gasteiger partial charge in [-0.05, 0) is 59.9 Å². The van der Waals surface area contributed by atoms with E-state index in [1.807, 2.05) is 35.1 Å². The summed E-state index contributed by atoms with van der Waals surface area (Å²) < 4.78 is 1.86. The molecule has 27 heavy (non-hydrogen) atoms. The second-order valence-corrected chi connectivity index (χ2v) is 7.41. The Morgan fingerprint density at radius 3 is 2.41 bits per heavy atom. The SMILES string of the molecule is CCC(C)c1ccc(NC(=S)Nc2cnn(Cc3ccc(Cl)cc3)c2)cc1. The van der Waals surface area contributed by atoms with Crippen LogP contribution in [0.4, 0.5) is 11.4 Å². The summed E-state index contributed by atoms with van der Waals surface area (Å²) in [6.07, 6.45) is 4.82. The highest BCUT2D eigenvalue weighted by Gasteiger charge is 2.05. The molecule has 1 aromatic heterocycles. The molecule has 2 aromatic carbocycles. The van der Waals surface area contributed by atoms with Crippen molar-refractivity contribution in [2.24, 2.45) is 0 Å². The predicted molar refractivity (Wildman–Crippen MR) is 118 cm³/mol. The van der Waals surface area contributed by atoms with E-state index in [0.717, 1.165) is 28.4 Å². The summed E-state index contributed by atoms with van der Waals surface area (Å²) in [7, 11) is 0. The molecule has 0 amide bonds. The standard InChI is InChI=1S/C21H23ClN4S/c1-3-15(2)17-6-10-19(11-7-17)24-21(27)25-20-12-23-26(14-20)13-16-4-8-18(22)9-5-16/h4-12,14-15H,3,13H2,1-2H3,(H2,24,25,27). The largest absolute Gasteiger partial charge is 0.332 e. The van der Waals surface area contributed by atoms with Crippen LogP contribution in [0, 0.1) is 0 Å². The molecule has 3 rings (SSSR count). The van der Waals surface area contributed by atoms with Crippen LogP contribution in [0.15, 0.2) is 60.9 Å². The van der Waals surface area contributed by atoms with Gasteiger partial charge in [0.15, 0.2) is 5.11 Å². The van der Waals surface area contributed by atoms with Crippen LogP contribution >= 0.6 is 23.8 Å². The lowest BCUT2D eigenvalue weighted by Gasteiger charge is -2.12. The maximum Gasteiger partial charge on any atom is 0.175 e. The fourth-order valence-corrected chi connectivity index (χ4v) is 3.08. The average Bonchev–Trinajstić information content (AvgIpc) is 3.10. The number of anilines is 2. The molecule has 2 N–H and O–H groups in total. The molecule has 0 aliphatic rings. The Morgan fingerprint density at radius 2 is 1.74 bits per heavy atom. The van der Waals surface area contributed by atoms with Crippen LogP contribution in [0.25, 0.3) is 0 Å². The Balaban J connectivity index is 1.55. The third-order valence-corrected chi connectivity index (χ3v) is 4.96. The number of benzene rings is 2. The van der Waals surface area contributed by atoms with Gasteiger partial charge in [0.2, 0.25) is 0 Å². The van der Waals surface area contributed by atoms with E-state index in [2.05, 4.69) is 53.8 Å². The van der Waals surface area contributed by atoms with Crippen molar-refractivity contribution >= 4 is 40.3 Å². The van der Waals surface area contributed by atoms with E-state index in [1.54, 1.807) is 6.20 Å². The van der Waals surface area contributed by atoms with E-state index in [9.17, 15) is 0 Å². The topological polar surface area (TPSA) is 41.9 Å². The maximum absolute atomic E-state index is 5.92. The van der Waals surface area contributed by atoms with Gasteiger partial charge in [0.05, 0.1) is 18.4 Å². The van der Waals surface area contributed by atoms with Gasteiger partial charge in [-0.25, -0.2) is 0 Å². The number of nitrogens with zero attached hydrogens (tertiary/aromatic N) is 2. The lowest BCUT2D eigenvalue weighted by Crippen LogP contribution is -2.18. The normalized spacial score (nSPS) is 11.8. The molecule has 6 heteroatoms. The number of halogens is 1. The molecule has 0 aliphatic heterocycles.